The van der Waals surface area contributed by atoms with E-state index in [1.54, 1.807) is 20.8 Å². The number of carbonyl (C=O) groups excluding carboxylic acids is 3. The highest BCUT2D eigenvalue weighted by atomic mass is 19.1. The van der Waals surface area contributed by atoms with Crippen LogP contribution in [0.5, 0.6) is 0 Å². The van der Waals surface area contributed by atoms with E-state index in [2.05, 4.69) is 10.6 Å². The first-order chi connectivity index (χ1) is 13.4. The molecule has 0 aromatic heterocycles. The van der Waals surface area contributed by atoms with Crippen molar-refractivity contribution in [2.75, 3.05) is 0 Å². The Labute approximate surface area is 170 Å². The molecule has 29 heavy (non-hydrogen) atoms. The number of rotatable bonds is 9. The second-order valence-electron chi connectivity index (χ2n) is 7.98. The van der Waals surface area contributed by atoms with Crippen LogP contribution in [0, 0.1) is 11.6 Å². The first-order valence-corrected chi connectivity index (χ1v) is 9.69. The molecule has 0 saturated carbocycles. The molecule has 0 aliphatic carbocycles. The molecule has 0 fully saturated rings. The third-order valence-electron chi connectivity index (χ3n) is 3.91. The van der Waals surface area contributed by atoms with E-state index >= 15 is 0 Å². The van der Waals surface area contributed by atoms with Crippen molar-refractivity contribution in [1.82, 2.24) is 10.6 Å². The van der Waals surface area contributed by atoms with Gasteiger partial charge in [-0.1, -0.05) is 19.8 Å². The van der Waals surface area contributed by atoms with Gasteiger partial charge in [0, 0.05) is 6.07 Å². The molecule has 0 saturated heterocycles. The molecular formula is C21H30F2N2O4. The van der Waals surface area contributed by atoms with Gasteiger partial charge in [0.1, 0.15) is 29.3 Å². The van der Waals surface area contributed by atoms with Gasteiger partial charge < -0.3 is 15.4 Å². The van der Waals surface area contributed by atoms with E-state index in [1.807, 2.05) is 6.92 Å². The quantitative estimate of drug-likeness (QED) is 0.611. The summed E-state index contributed by atoms with van der Waals surface area (Å²) in [5.74, 6) is -3.21. The molecule has 8 heteroatoms. The highest BCUT2D eigenvalue weighted by Gasteiger charge is 2.28. The molecule has 0 radical (unpaired) electrons. The third-order valence-corrected chi connectivity index (χ3v) is 3.91. The van der Waals surface area contributed by atoms with Crippen LogP contribution in [0.25, 0.3) is 0 Å². The SMILES string of the molecule is CCCC[C@H](NC(=O)[C@H](C)NC(=O)Cc1cc(F)cc(F)c1)C(=O)OC(C)(C)C. The molecule has 2 N–H and O–H groups in total. The Morgan fingerprint density at radius 2 is 1.66 bits per heavy atom. The van der Waals surface area contributed by atoms with Crippen molar-refractivity contribution in [2.24, 2.45) is 0 Å². The molecule has 0 bridgehead atoms. The molecule has 1 aromatic carbocycles. The second-order valence-corrected chi connectivity index (χ2v) is 7.98. The van der Waals surface area contributed by atoms with E-state index in [0.717, 1.165) is 25.0 Å². The summed E-state index contributed by atoms with van der Waals surface area (Å²) in [5.41, 5.74) is -0.533. The lowest BCUT2D eigenvalue weighted by molar-refractivity contribution is -0.159. The predicted molar refractivity (Wildman–Crippen MR) is 105 cm³/mol. The van der Waals surface area contributed by atoms with Gasteiger partial charge in [-0.3, -0.25) is 9.59 Å². The summed E-state index contributed by atoms with van der Waals surface area (Å²) >= 11 is 0. The zero-order valence-corrected chi connectivity index (χ0v) is 17.6. The van der Waals surface area contributed by atoms with Gasteiger partial charge in [-0.2, -0.15) is 0 Å². The van der Waals surface area contributed by atoms with Crippen LogP contribution in [-0.2, 0) is 25.5 Å². The molecular weight excluding hydrogens is 382 g/mol. The van der Waals surface area contributed by atoms with Gasteiger partial charge in [-0.05, 0) is 51.8 Å². The van der Waals surface area contributed by atoms with Crippen molar-refractivity contribution in [3.05, 3.63) is 35.4 Å². The smallest absolute Gasteiger partial charge is 0.329 e. The molecule has 2 amide bonds. The topological polar surface area (TPSA) is 84.5 Å². The van der Waals surface area contributed by atoms with Gasteiger partial charge >= 0.3 is 5.97 Å². The number of esters is 1. The summed E-state index contributed by atoms with van der Waals surface area (Å²) in [6.45, 7) is 8.64. The number of ether oxygens (including phenoxy) is 1. The second kappa shape index (κ2) is 10.9. The fourth-order valence-corrected chi connectivity index (χ4v) is 2.58. The zero-order chi connectivity index (χ0) is 22.2. The number of hydrogen-bond donors (Lipinski definition) is 2. The Hall–Kier alpha value is -2.51. The minimum atomic E-state index is -0.938. The molecule has 1 rings (SSSR count). The van der Waals surface area contributed by atoms with Gasteiger partial charge in [0.15, 0.2) is 0 Å². The van der Waals surface area contributed by atoms with Gasteiger partial charge in [0.2, 0.25) is 11.8 Å². The number of hydrogen-bond acceptors (Lipinski definition) is 4. The van der Waals surface area contributed by atoms with Crippen LogP contribution in [0.1, 0.15) is 59.4 Å². The maximum absolute atomic E-state index is 13.2. The number of carbonyl (C=O) groups is 3. The van der Waals surface area contributed by atoms with Crippen LogP contribution >= 0.6 is 0 Å². The van der Waals surface area contributed by atoms with E-state index in [1.165, 1.54) is 6.92 Å². The molecule has 0 heterocycles. The van der Waals surface area contributed by atoms with Gasteiger partial charge in [-0.25, -0.2) is 13.6 Å². The minimum absolute atomic E-state index is 0.155. The summed E-state index contributed by atoms with van der Waals surface area (Å²) in [6, 6.07) is 1.06. The van der Waals surface area contributed by atoms with Crippen molar-refractivity contribution >= 4 is 17.8 Å². The lowest BCUT2D eigenvalue weighted by Gasteiger charge is -2.25. The molecule has 0 aliphatic rings. The van der Waals surface area contributed by atoms with E-state index in [4.69, 9.17) is 4.74 Å². The molecule has 2 atom stereocenters. The Bertz CT molecular complexity index is 712. The standard InChI is InChI=1S/C21H30F2N2O4/c1-6-7-8-17(20(28)29-21(3,4)5)25-19(27)13(2)24-18(26)11-14-9-15(22)12-16(23)10-14/h9-10,12-13,17H,6-8,11H2,1-5H3,(H,24,26)(H,25,27)/t13-,17-/m0/s1. The summed E-state index contributed by atoms with van der Waals surface area (Å²) in [7, 11) is 0. The molecule has 162 valence electrons. The summed E-state index contributed by atoms with van der Waals surface area (Å²) in [5, 5.41) is 5.08. The van der Waals surface area contributed by atoms with Crippen molar-refractivity contribution in [3.63, 3.8) is 0 Å². The number of amides is 2. The highest BCUT2D eigenvalue weighted by molar-refractivity contribution is 5.91. The summed E-state index contributed by atoms with van der Waals surface area (Å²) in [6.07, 6.45) is 1.69. The molecule has 0 aliphatic heterocycles. The zero-order valence-electron chi connectivity index (χ0n) is 17.6. The third kappa shape index (κ3) is 9.49. The average Bonchev–Trinajstić information content (AvgIpc) is 2.55. The van der Waals surface area contributed by atoms with E-state index in [0.29, 0.717) is 12.5 Å². The lowest BCUT2D eigenvalue weighted by atomic mass is 10.1. The van der Waals surface area contributed by atoms with E-state index < -0.39 is 47.1 Å². The number of unbranched alkanes of at least 4 members (excludes halogenated alkanes) is 1. The van der Waals surface area contributed by atoms with Crippen LogP contribution in [0.2, 0.25) is 0 Å². The fourth-order valence-electron chi connectivity index (χ4n) is 2.58. The fraction of sp³-hybridized carbons (Fsp3) is 0.571. The normalized spacial score (nSPS) is 13.3. The average molecular weight is 412 g/mol. The Morgan fingerprint density at radius 1 is 1.07 bits per heavy atom. The van der Waals surface area contributed by atoms with Crippen LogP contribution in [0.4, 0.5) is 8.78 Å². The summed E-state index contributed by atoms with van der Waals surface area (Å²) < 4.78 is 31.8. The largest absolute Gasteiger partial charge is 0.458 e. The predicted octanol–water partition coefficient (Wildman–Crippen LogP) is 3.03. The van der Waals surface area contributed by atoms with Crippen molar-refractivity contribution < 1.29 is 27.9 Å². The van der Waals surface area contributed by atoms with Crippen LogP contribution < -0.4 is 10.6 Å². The van der Waals surface area contributed by atoms with Crippen LogP contribution in [-0.4, -0.2) is 35.5 Å². The first kappa shape index (κ1) is 24.5. The molecule has 0 unspecified atom stereocenters. The monoisotopic (exact) mass is 412 g/mol. The van der Waals surface area contributed by atoms with E-state index in [-0.39, 0.29) is 12.0 Å². The van der Waals surface area contributed by atoms with Crippen molar-refractivity contribution in [3.8, 4) is 0 Å². The van der Waals surface area contributed by atoms with E-state index in [9.17, 15) is 23.2 Å². The Morgan fingerprint density at radius 3 is 2.17 bits per heavy atom. The maximum Gasteiger partial charge on any atom is 0.329 e. The Balaban J connectivity index is 2.68. The molecule has 1 aromatic rings. The highest BCUT2D eigenvalue weighted by Crippen LogP contribution is 2.12. The van der Waals surface area contributed by atoms with Crippen molar-refractivity contribution in [2.45, 2.75) is 78.0 Å². The lowest BCUT2D eigenvalue weighted by Crippen LogP contribution is -2.51. The van der Waals surface area contributed by atoms with Crippen LogP contribution in [0.3, 0.4) is 0 Å². The minimum Gasteiger partial charge on any atom is -0.458 e. The van der Waals surface area contributed by atoms with Gasteiger partial charge in [0.05, 0.1) is 6.42 Å². The molecule has 6 nitrogen and oxygen atoms in total. The van der Waals surface area contributed by atoms with Gasteiger partial charge in [-0.15, -0.1) is 0 Å². The number of benzene rings is 1. The molecule has 0 spiro atoms. The van der Waals surface area contributed by atoms with Crippen molar-refractivity contribution in [1.29, 1.82) is 0 Å². The summed E-state index contributed by atoms with van der Waals surface area (Å²) in [4.78, 5) is 36.9. The number of halogens is 2. The van der Waals surface area contributed by atoms with Gasteiger partial charge in [0.25, 0.3) is 0 Å². The van der Waals surface area contributed by atoms with Crippen LogP contribution in [0.15, 0.2) is 18.2 Å². The number of nitrogens with one attached hydrogen (secondary N) is 2. The maximum atomic E-state index is 13.2. The first-order valence-electron chi connectivity index (χ1n) is 9.69. The Kier molecular flexibility index (Phi) is 9.20.